The van der Waals surface area contributed by atoms with Crippen LogP contribution in [0.25, 0.3) is 133 Å². The molecule has 0 N–H and O–H groups in total. The van der Waals surface area contributed by atoms with E-state index in [2.05, 4.69) is 215 Å². The maximum absolute atomic E-state index is 6.60. The number of nitrogens with zero attached hydrogens (tertiary/aromatic N) is 4. The molecule has 0 radical (unpaired) electrons. The third-order valence-corrected chi connectivity index (χ3v) is 13.7. The molecule has 5 heteroatoms. The minimum Gasteiger partial charge on any atom is -0.456 e. The summed E-state index contributed by atoms with van der Waals surface area (Å²) in [6.07, 6.45) is 0. The second kappa shape index (κ2) is 15.7. The summed E-state index contributed by atoms with van der Waals surface area (Å²) in [7, 11) is 0. The first-order valence-corrected chi connectivity index (χ1v) is 23.4. The maximum Gasteiger partial charge on any atom is 0.160 e. The average molecular weight is 881 g/mol. The normalized spacial score (nSPS) is 11.8. The number of para-hydroxylation sites is 3. The highest BCUT2D eigenvalue weighted by molar-refractivity contribution is 6.14. The lowest BCUT2D eigenvalue weighted by atomic mass is 9.98. The Bertz CT molecular complexity index is 4230. The van der Waals surface area contributed by atoms with Crippen LogP contribution in [0.5, 0.6) is 0 Å². The van der Waals surface area contributed by atoms with Crippen molar-refractivity contribution >= 4 is 65.6 Å². The Morgan fingerprint density at radius 1 is 0.261 bits per heavy atom. The van der Waals surface area contributed by atoms with Crippen LogP contribution >= 0.6 is 0 Å². The topological polar surface area (TPSA) is 48.8 Å². The Hall–Kier alpha value is -9.32. The summed E-state index contributed by atoms with van der Waals surface area (Å²) in [5, 5.41) is 7.02. The minimum absolute atomic E-state index is 0.686. The Balaban J connectivity index is 0.881. The van der Waals surface area contributed by atoms with Crippen LogP contribution < -0.4 is 0 Å². The van der Waals surface area contributed by atoms with Crippen LogP contribution in [0.4, 0.5) is 0 Å². The lowest BCUT2D eigenvalue weighted by Gasteiger charge is -2.09. The zero-order valence-electron chi connectivity index (χ0n) is 37.3. The number of rotatable bonds is 7. The van der Waals surface area contributed by atoms with Crippen molar-refractivity contribution in [2.75, 3.05) is 0 Å². The van der Waals surface area contributed by atoms with Crippen molar-refractivity contribution in [1.82, 2.24) is 19.1 Å². The average Bonchev–Trinajstić information content (AvgIpc) is 4.08. The molecule has 0 aliphatic rings. The molecule has 69 heavy (non-hydrogen) atoms. The van der Waals surface area contributed by atoms with Gasteiger partial charge in [-0.15, -0.1) is 0 Å². The molecule has 10 aromatic carbocycles. The number of benzene rings is 10. The number of furan rings is 1. The molecule has 0 aliphatic heterocycles. The van der Waals surface area contributed by atoms with E-state index < -0.39 is 0 Å². The Labute approximate surface area is 397 Å². The van der Waals surface area contributed by atoms with Gasteiger partial charge in [0.25, 0.3) is 0 Å². The Kier molecular flexibility index (Phi) is 8.83. The van der Waals surface area contributed by atoms with E-state index >= 15 is 0 Å². The monoisotopic (exact) mass is 880 g/mol. The van der Waals surface area contributed by atoms with Gasteiger partial charge < -0.3 is 13.6 Å². The van der Waals surface area contributed by atoms with E-state index in [1.54, 1.807) is 0 Å². The fourth-order valence-electron chi connectivity index (χ4n) is 10.4. The lowest BCUT2D eigenvalue weighted by molar-refractivity contribution is 0.669. The van der Waals surface area contributed by atoms with Crippen molar-refractivity contribution in [3.05, 3.63) is 243 Å². The molecule has 4 heterocycles. The maximum atomic E-state index is 6.60. The molecule has 0 fully saturated rings. The molecule has 0 bridgehead atoms. The summed E-state index contributed by atoms with van der Waals surface area (Å²) in [5.74, 6) is 0.686. The predicted octanol–water partition coefficient (Wildman–Crippen LogP) is 16.9. The van der Waals surface area contributed by atoms with Gasteiger partial charge >= 0.3 is 0 Å². The zero-order valence-corrected chi connectivity index (χ0v) is 37.3. The highest BCUT2D eigenvalue weighted by Crippen LogP contribution is 2.41. The molecular formula is C64H40N4O. The van der Waals surface area contributed by atoms with Gasteiger partial charge in [-0.1, -0.05) is 146 Å². The van der Waals surface area contributed by atoms with Crippen LogP contribution in [-0.2, 0) is 0 Å². The van der Waals surface area contributed by atoms with E-state index in [1.807, 2.05) is 36.4 Å². The van der Waals surface area contributed by atoms with Gasteiger partial charge in [-0.05, 0) is 119 Å². The summed E-state index contributed by atoms with van der Waals surface area (Å²) in [4.78, 5) is 10.1. The highest BCUT2D eigenvalue weighted by Gasteiger charge is 2.19. The number of hydrogen-bond donors (Lipinski definition) is 0. The third kappa shape index (κ3) is 6.47. The smallest absolute Gasteiger partial charge is 0.160 e. The van der Waals surface area contributed by atoms with Gasteiger partial charge in [0.15, 0.2) is 5.82 Å². The van der Waals surface area contributed by atoms with Crippen LogP contribution in [0.15, 0.2) is 247 Å². The van der Waals surface area contributed by atoms with Crippen molar-refractivity contribution in [1.29, 1.82) is 0 Å². The third-order valence-electron chi connectivity index (χ3n) is 13.7. The first-order chi connectivity index (χ1) is 34.2. The van der Waals surface area contributed by atoms with Gasteiger partial charge in [-0.3, -0.25) is 0 Å². The molecule has 0 atom stereocenters. The van der Waals surface area contributed by atoms with Gasteiger partial charge in [0.1, 0.15) is 11.2 Å². The molecule has 14 aromatic rings. The molecule has 0 amide bonds. The van der Waals surface area contributed by atoms with Crippen molar-refractivity contribution in [2.24, 2.45) is 0 Å². The summed E-state index contributed by atoms with van der Waals surface area (Å²) < 4.78 is 11.4. The highest BCUT2D eigenvalue weighted by atomic mass is 16.3. The van der Waals surface area contributed by atoms with Gasteiger partial charge in [0, 0.05) is 60.4 Å². The number of fused-ring (bicyclic) bond motifs is 9. The van der Waals surface area contributed by atoms with Crippen LogP contribution in [0.1, 0.15) is 0 Å². The summed E-state index contributed by atoms with van der Waals surface area (Å²) in [6.45, 7) is 0. The van der Waals surface area contributed by atoms with E-state index in [0.29, 0.717) is 5.82 Å². The molecule has 5 nitrogen and oxygen atoms in total. The van der Waals surface area contributed by atoms with E-state index in [1.165, 1.54) is 49.2 Å². The van der Waals surface area contributed by atoms with Crippen LogP contribution in [0, 0.1) is 0 Å². The molecule has 0 spiro atoms. The Morgan fingerprint density at radius 3 is 1.28 bits per heavy atom. The zero-order chi connectivity index (χ0) is 45.4. The fourth-order valence-corrected chi connectivity index (χ4v) is 10.4. The molecule has 322 valence electrons. The SMILES string of the molecule is c1ccc(-c2cc(-c3ccc4c(c3)oc3ccc(-c5ccc6c(c5)c5cc(-c7ccc8c(c7)c7ccccc7n8-c7ccccc7)ccc5n6-c5ccccc5)cc34)nc(-c3ccccc3)n2)cc1. The first-order valence-electron chi connectivity index (χ1n) is 23.4. The molecular weight excluding hydrogens is 841 g/mol. The van der Waals surface area contributed by atoms with Crippen LogP contribution in [-0.4, -0.2) is 19.1 Å². The minimum atomic E-state index is 0.686. The molecule has 0 saturated heterocycles. The molecule has 14 rings (SSSR count). The summed E-state index contributed by atoms with van der Waals surface area (Å²) in [5.41, 5.74) is 18.0. The van der Waals surface area contributed by atoms with Crippen molar-refractivity contribution < 1.29 is 4.42 Å². The van der Waals surface area contributed by atoms with Crippen LogP contribution in [0.3, 0.4) is 0 Å². The predicted molar refractivity (Wildman–Crippen MR) is 285 cm³/mol. The largest absolute Gasteiger partial charge is 0.456 e. The van der Waals surface area contributed by atoms with Gasteiger partial charge in [-0.25, -0.2) is 9.97 Å². The molecule has 0 unspecified atom stereocenters. The first kappa shape index (κ1) is 38.9. The van der Waals surface area contributed by atoms with Crippen LogP contribution in [0.2, 0.25) is 0 Å². The van der Waals surface area contributed by atoms with Crippen molar-refractivity contribution in [3.63, 3.8) is 0 Å². The van der Waals surface area contributed by atoms with Crippen molar-refractivity contribution in [2.45, 2.75) is 0 Å². The standard InChI is InChI=1S/C64H40N4O/c1-5-15-41(16-6-1)56-40-57(66-64(65-56)42-17-7-2-8-18-42)47-25-30-51-55-38-46(29-34-62(55)69-63(51)39-47)45-28-33-61-54(37-45)53-36-44(27-32-60(53)68(61)49-21-11-4-12-22-49)43-26-31-59-52(35-43)50-23-13-14-24-58(50)67(59)48-19-9-3-10-20-48/h1-40H. The van der Waals surface area contributed by atoms with Crippen molar-refractivity contribution in [3.8, 4) is 67.5 Å². The Morgan fingerprint density at radius 2 is 0.696 bits per heavy atom. The van der Waals surface area contributed by atoms with E-state index in [4.69, 9.17) is 14.4 Å². The number of aromatic nitrogens is 4. The van der Waals surface area contributed by atoms with E-state index in [0.717, 1.165) is 78.0 Å². The second-order valence-electron chi connectivity index (χ2n) is 17.8. The molecule has 4 aromatic heterocycles. The summed E-state index contributed by atoms with van der Waals surface area (Å²) in [6, 6.07) is 86.3. The number of hydrogen-bond acceptors (Lipinski definition) is 3. The quantitative estimate of drug-likeness (QED) is 0.160. The molecule has 0 saturated carbocycles. The molecule has 0 aliphatic carbocycles. The summed E-state index contributed by atoms with van der Waals surface area (Å²) >= 11 is 0. The second-order valence-corrected chi connectivity index (χ2v) is 17.8. The van der Waals surface area contributed by atoms with Gasteiger partial charge in [0.05, 0.1) is 33.5 Å². The lowest BCUT2D eigenvalue weighted by Crippen LogP contribution is -1.95. The van der Waals surface area contributed by atoms with Gasteiger partial charge in [0.2, 0.25) is 0 Å². The van der Waals surface area contributed by atoms with E-state index in [-0.39, 0.29) is 0 Å². The van der Waals surface area contributed by atoms with E-state index in [9.17, 15) is 0 Å². The fraction of sp³-hybridized carbons (Fsp3) is 0. The van der Waals surface area contributed by atoms with Gasteiger partial charge in [-0.2, -0.15) is 0 Å².